The molecule has 0 fully saturated rings. The summed E-state index contributed by atoms with van der Waals surface area (Å²) in [6.07, 6.45) is 0.719. The molecule has 94 valence electrons. The van der Waals surface area contributed by atoms with Crippen LogP contribution in [0.15, 0.2) is 53.3 Å². The van der Waals surface area contributed by atoms with Crippen LogP contribution in [0.5, 0.6) is 0 Å². The number of aromatic amines is 1. The molecule has 0 saturated heterocycles. The van der Waals surface area contributed by atoms with Gasteiger partial charge in [0.2, 0.25) is 0 Å². The fourth-order valence-corrected chi connectivity index (χ4v) is 2.17. The van der Waals surface area contributed by atoms with Crippen molar-refractivity contribution in [3.63, 3.8) is 0 Å². The lowest BCUT2D eigenvalue weighted by Crippen LogP contribution is -2.10. The van der Waals surface area contributed by atoms with Crippen molar-refractivity contribution in [1.29, 1.82) is 0 Å². The van der Waals surface area contributed by atoms with Crippen molar-refractivity contribution in [1.82, 2.24) is 9.97 Å². The van der Waals surface area contributed by atoms with Crippen LogP contribution in [0.2, 0.25) is 0 Å². The van der Waals surface area contributed by atoms with Crippen molar-refractivity contribution in [3.05, 3.63) is 64.7 Å². The molecule has 2 aromatic carbocycles. The van der Waals surface area contributed by atoms with Crippen molar-refractivity contribution >= 4 is 10.8 Å². The molecule has 19 heavy (non-hydrogen) atoms. The molecule has 3 rings (SSSR count). The van der Waals surface area contributed by atoms with Gasteiger partial charge in [-0.1, -0.05) is 43.3 Å². The zero-order chi connectivity index (χ0) is 13.2. The minimum absolute atomic E-state index is 0.102. The first kappa shape index (κ1) is 11.7. The van der Waals surface area contributed by atoms with E-state index in [0.717, 1.165) is 28.9 Å². The van der Waals surface area contributed by atoms with Gasteiger partial charge in [0, 0.05) is 18.1 Å². The second-order valence-electron chi connectivity index (χ2n) is 4.49. The zero-order valence-electron chi connectivity index (χ0n) is 10.7. The molecular formula is C16H14N2O. The topological polar surface area (TPSA) is 45.8 Å². The molecule has 0 aliphatic carbocycles. The molecule has 0 atom stereocenters. The number of nitrogens with zero attached hydrogens (tertiary/aromatic N) is 1. The van der Waals surface area contributed by atoms with Crippen LogP contribution in [0.4, 0.5) is 0 Å². The normalized spacial score (nSPS) is 10.8. The Bertz CT molecular complexity index is 790. The second kappa shape index (κ2) is 4.69. The highest BCUT2D eigenvalue weighted by atomic mass is 16.1. The molecule has 0 spiro atoms. The molecule has 0 amide bonds. The van der Waals surface area contributed by atoms with Crippen molar-refractivity contribution in [2.45, 2.75) is 13.3 Å². The Morgan fingerprint density at radius 3 is 2.63 bits per heavy atom. The van der Waals surface area contributed by atoms with E-state index in [1.54, 1.807) is 6.07 Å². The summed E-state index contributed by atoms with van der Waals surface area (Å²) in [6.45, 7) is 1.97. The SMILES string of the molecule is CCc1nc(-c2ccc3ccccc3c2)cc(=O)[nH]1. The number of hydrogen-bond acceptors (Lipinski definition) is 2. The molecule has 3 aromatic rings. The van der Waals surface area contributed by atoms with Gasteiger partial charge in [-0.2, -0.15) is 0 Å². The molecular weight excluding hydrogens is 236 g/mol. The predicted octanol–water partition coefficient (Wildman–Crippen LogP) is 3.15. The Hall–Kier alpha value is -2.42. The number of hydrogen-bond donors (Lipinski definition) is 1. The van der Waals surface area contributed by atoms with E-state index in [1.807, 2.05) is 25.1 Å². The van der Waals surface area contributed by atoms with Gasteiger partial charge in [-0.3, -0.25) is 4.79 Å². The first-order valence-corrected chi connectivity index (χ1v) is 6.35. The van der Waals surface area contributed by atoms with Gasteiger partial charge in [0.05, 0.1) is 5.69 Å². The Morgan fingerprint density at radius 2 is 1.84 bits per heavy atom. The number of benzene rings is 2. The number of nitrogens with one attached hydrogen (secondary N) is 1. The number of aromatic nitrogens is 2. The van der Waals surface area contributed by atoms with Crippen molar-refractivity contribution in [2.75, 3.05) is 0 Å². The highest BCUT2D eigenvalue weighted by Crippen LogP contribution is 2.22. The molecule has 0 aliphatic heterocycles. The van der Waals surface area contributed by atoms with Crippen LogP contribution in [0.3, 0.4) is 0 Å². The average Bonchev–Trinajstić information content (AvgIpc) is 2.46. The van der Waals surface area contributed by atoms with Crippen LogP contribution in [0, 0.1) is 0 Å². The second-order valence-corrected chi connectivity index (χ2v) is 4.49. The van der Waals surface area contributed by atoms with Gasteiger partial charge in [0.1, 0.15) is 5.82 Å². The third-order valence-electron chi connectivity index (χ3n) is 3.17. The van der Waals surface area contributed by atoms with Gasteiger partial charge in [-0.15, -0.1) is 0 Å². The summed E-state index contributed by atoms with van der Waals surface area (Å²) in [6, 6.07) is 15.8. The minimum atomic E-state index is -0.102. The largest absolute Gasteiger partial charge is 0.311 e. The summed E-state index contributed by atoms with van der Waals surface area (Å²) >= 11 is 0. The summed E-state index contributed by atoms with van der Waals surface area (Å²) in [5, 5.41) is 2.34. The molecule has 0 bridgehead atoms. The fraction of sp³-hybridized carbons (Fsp3) is 0.125. The van der Waals surface area contributed by atoms with Crippen LogP contribution in [0.1, 0.15) is 12.7 Å². The van der Waals surface area contributed by atoms with E-state index in [4.69, 9.17) is 0 Å². The fourth-order valence-electron chi connectivity index (χ4n) is 2.17. The first-order valence-electron chi connectivity index (χ1n) is 6.35. The Kier molecular flexibility index (Phi) is 2.88. The van der Waals surface area contributed by atoms with Crippen molar-refractivity contribution < 1.29 is 0 Å². The summed E-state index contributed by atoms with van der Waals surface area (Å²) in [7, 11) is 0. The van der Waals surface area contributed by atoms with Crippen molar-refractivity contribution in [2.24, 2.45) is 0 Å². The Labute approximate surface area is 111 Å². The highest BCUT2D eigenvalue weighted by molar-refractivity contribution is 5.86. The zero-order valence-corrected chi connectivity index (χ0v) is 10.7. The van der Waals surface area contributed by atoms with Crippen LogP contribution in [0.25, 0.3) is 22.0 Å². The maximum Gasteiger partial charge on any atom is 0.251 e. The van der Waals surface area contributed by atoms with Crippen LogP contribution >= 0.6 is 0 Å². The van der Waals surface area contributed by atoms with E-state index < -0.39 is 0 Å². The van der Waals surface area contributed by atoms with Crippen LogP contribution < -0.4 is 5.56 Å². The maximum atomic E-state index is 11.6. The molecule has 0 unspecified atom stereocenters. The van der Waals surface area contributed by atoms with Crippen LogP contribution in [-0.4, -0.2) is 9.97 Å². The number of aryl methyl sites for hydroxylation is 1. The monoisotopic (exact) mass is 250 g/mol. The molecule has 1 N–H and O–H groups in total. The summed E-state index contributed by atoms with van der Waals surface area (Å²) in [4.78, 5) is 18.8. The van der Waals surface area contributed by atoms with E-state index in [-0.39, 0.29) is 5.56 Å². The van der Waals surface area contributed by atoms with Crippen LogP contribution in [-0.2, 0) is 6.42 Å². The first-order chi connectivity index (χ1) is 9.26. The number of fused-ring (bicyclic) bond motifs is 1. The quantitative estimate of drug-likeness (QED) is 0.759. The minimum Gasteiger partial charge on any atom is -0.311 e. The standard InChI is InChI=1S/C16H14N2O/c1-2-15-17-14(10-16(19)18-15)13-8-7-11-5-3-4-6-12(11)9-13/h3-10H,2H2,1H3,(H,17,18,19). The number of rotatable bonds is 2. The molecule has 3 nitrogen and oxygen atoms in total. The molecule has 1 heterocycles. The van der Waals surface area contributed by atoms with Gasteiger partial charge in [0.15, 0.2) is 0 Å². The molecule has 0 saturated carbocycles. The van der Waals surface area contributed by atoms with E-state index >= 15 is 0 Å². The van der Waals surface area contributed by atoms with E-state index in [0.29, 0.717) is 0 Å². The van der Waals surface area contributed by atoms with Gasteiger partial charge < -0.3 is 4.98 Å². The van der Waals surface area contributed by atoms with Crippen molar-refractivity contribution in [3.8, 4) is 11.3 Å². The molecule has 3 heteroatoms. The molecule has 0 radical (unpaired) electrons. The summed E-state index contributed by atoms with van der Waals surface area (Å²) in [5.74, 6) is 0.718. The predicted molar refractivity (Wildman–Crippen MR) is 77.2 cm³/mol. The third kappa shape index (κ3) is 2.27. The maximum absolute atomic E-state index is 11.6. The smallest absolute Gasteiger partial charge is 0.251 e. The number of H-pyrrole nitrogens is 1. The third-order valence-corrected chi connectivity index (χ3v) is 3.17. The van der Waals surface area contributed by atoms with E-state index in [9.17, 15) is 4.79 Å². The summed E-state index contributed by atoms with van der Waals surface area (Å²) < 4.78 is 0. The van der Waals surface area contributed by atoms with E-state index in [1.165, 1.54) is 5.39 Å². The molecule has 1 aromatic heterocycles. The van der Waals surface area contributed by atoms with Gasteiger partial charge in [-0.25, -0.2) is 4.98 Å². The van der Waals surface area contributed by atoms with Gasteiger partial charge >= 0.3 is 0 Å². The lowest BCUT2D eigenvalue weighted by atomic mass is 10.0. The lowest BCUT2D eigenvalue weighted by Gasteiger charge is -2.04. The Balaban J connectivity index is 2.18. The molecule has 0 aliphatic rings. The Morgan fingerprint density at radius 1 is 1.05 bits per heavy atom. The summed E-state index contributed by atoms with van der Waals surface area (Å²) in [5.41, 5.74) is 1.60. The average molecular weight is 250 g/mol. The van der Waals surface area contributed by atoms with Gasteiger partial charge in [0.25, 0.3) is 5.56 Å². The van der Waals surface area contributed by atoms with E-state index in [2.05, 4.69) is 34.2 Å². The lowest BCUT2D eigenvalue weighted by molar-refractivity contribution is 0.924. The highest BCUT2D eigenvalue weighted by Gasteiger charge is 2.04. The van der Waals surface area contributed by atoms with Gasteiger partial charge in [-0.05, 0) is 16.8 Å².